The van der Waals surface area contributed by atoms with Crippen LogP contribution in [0.1, 0.15) is 85.1 Å². The van der Waals surface area contributed by atoms with E-state index in [0.29, 0.717) is 22.5 Å². The van der Waals surface area contributed by atoms with Crippen molar-refractivity contribution in [2.75, 3.05) is 7.11 Å². The number of halogens is 1. The van der Waals surface area contributed by atoms with Crippen LogP contribution in [0.3, 0.4) is 0 Å². The number of esters is 1. The molecule has 31 heavy (non-hydrogen) atoms. The third kappa shape index (κ3) is 4.35. The minimum Gasteiger partial charge on any atom is -0.469 e. The summed E-state index contributed by atoms with van der Waals surface area (Å²) in [5.41, 5.74) is 4.03. The van der Waals surface area contributed by atoms with Gasteiger partial charge in [-0.15, -0.1) is 0 Å². The molecule has 1 aromatic carbocycles. The number of nitrogens with zero attached hydrogens (tertiary/aromatic N) is 1. The van der Waals surface area contributed by atoms with E-state index in [2.05, 4.69) is 64.1 Å². The van der Waals surface area contributed by atoms with E-state index in [9.17, 15) is 4.79 Å². The van der Waals surface area contributed by atoms with Crippen LogP contribution in [0.4, 0.5) is 0 Å². The van der Waals surface area contributed by atoms with Crippen molar-refractivity contribution in [3.63, 3.8) is 0 Å². The van der Waals surface area contributed by atoms with Crippen LogP contribution in [-0.2, 0) is 9.53 Å². The van der Waals surface area contributed by atoms with E-state index in [1.807, 2.05) is 6.07 Å². The summed E-state index contributed by atoms with van der Waals surface area (Å²) in [5, 5.41) is 1.85. The number of fused-ring (bicyclic) bond motifs is 1. The number of ether oxygens (including phenoxy) is 1. The summed E-state index contributed by atoms with van der Waals surface area (Å²) in [5.74, 6) is 0.259. The van der Waals surface area contributed by atoms with E-state index in [4.69, 9.17) is 16.3 Å². The molecule has 0 bridgehead atoms. The van der Waals surface area contributed by atoms with Crippen molar-refractivity contribution in [2.24, 2.45) is 5.92 Å². The molecule has 0 saturated heterocycles. The second kappa shape index (κ2) is 9.70. The lowest BCUT2D eigenvalue weighted by Gasteiger charge is -2.44. The van der Waals surface area contributed by atoms with E-state index in [1.54, 1.807) is 0 Å². The fourth-order valence-corrected chi connectivity index (χ4v) is 13.5. The number of benzene rings is 1. The highest BCUT2D eigenvalue weighted by Crippen LogP contribution is 2.47. The molecule has 1 aliphatic rings. The third-order valence-corrected chi connectivity index (χ3v) is 14.9. The molecule has 5 heteroatoms. The predicted molar refractivity (Wildman–Crippen MR) is 135 cm³/mol. The first-order chi connectivity index (χ1) is 14.6. The molecule has 3 nitrogen and oxygen atoms in total. The predicted octanol–water partition coefficient (Wildman–Crippen LogP) is 8.16. The SMILES string of the molecule is COC(=O)C(CC1CCCC1)c1cn([Si](C(C)C)(C(C)C)C(C)C)c2ccc(Cl)cc12. The Kier molecular flexibility index (Phi) is 7.63. The van der Waals surface area contributed by atoms with Crippen LogP contribution in [0.2, 0.25) is 21.6 Å². The molecule has 3 rings (SSSR count). The van der Waals surface area contributed by atoms with Crippen LogP contribution in [0, 0.1) is 5.92 Å². The van der Waals surface area contributed by atoms with Gasteiger partial charge >= 0.3 is 5.97 Å². The molecular formula is C26H40ClNO2Si. The summed E-state index contributed by atoms with van der Waals surface area (Å²) in [6.07, 6.45) is 8.18. The topological polar surface area (TPSA) is 31.2 Å². The van der Waals surface area contributed by atoms with Crippen LogP contribution in [0.5, 0.6) is 0 Å². The van der Waals surface area contributed by atoms with Gasteiger partial charge in [0.05, 0.1) is 13.0 Å². The summed E-state index contributed by atoms with van der Waals surface area (Å²) < 4.78 is 7.93. The standard InChI is InChI=1S/C26H40ClNO2Si/c1-17(2)31(18(3)4,19(5)6)28-16-24(22-15-21(27)12-13-25(22)28)23(26(29)30-7)14-20-10-8-9-11-20/h12-13,15-20,23H,8-11,14H2,1-7H3. The van der Waals surface area contributed by atoms with Gasteiger partial charge in [-0.3, -0.25) is 4.79 Å². The zero-order chi connectivity index (χ0) is 22.9. The summed E-state index contributed by atoms with van der Waals surface area (Å²) in [6.45, 7) is 14.3. The number of methoxy groups -OCH3 is 1. The highest BCUT2D eigenvalue weighted by molar-refractivity contribution is 6.82. The molecule has 1 atom stereocenters. The zero-order valence-electron chi connectivity index (χ0n) is 20.4. The maximum absolute atomic E-state index is 13.0. The molecule has 0 N–H and O–H groups in total. The second-order valence-corrected chi connectivity index (χ2v) is 16.6. The summed E-state index contributed by atoms with van der Waals surface area (Å²) in [7, 11) is -0.459. The Morgan fingerprint density at radius 2 is 1.68 bits per heavy atom. The average molecular weight is 462 g/mol. The van der Waals surface area contributed by atoms with Crippen LogP contribution >= 0.6 is 11.6 Å². The highest BCUT2D eigenvalue weighted by atomic mass is 35.5. The fourth-order valence-electron chi connectivity index (χ4n) is 6.73. The zero-order valence-corrected chi connectivity index (χ0v) is 22.1. The van der Waals surface area contributed by atoms with Crippen LogP contribution < -0.4 is 0 Å². The molecular weight excluding hydrogens is 422 g/mol. The van der Waals surface area contributed by atoms with E-state index >= 15 is 0 Å². The molecule has 172 valence electrons. The molecule has 0 spiro atoms. The van der Waals surface area contributed by atoms with E-state index in [-0.39, 0.29) is 11.9 Å². The Balaban J connectivity index is 2.27. The molecule has 0 amide bonds. The van der Waals surface area contributed by atoms with Crippen molar-refractivity contribution in [2.45, 2.75) is 96.2 Å². The van der Waals surface area contributed by atoms with Gasteiger partial charge in [0.15, 0.2) is 8.24 Å². The third-order valence-electron chi connectivity index (χ3n) is 7.89. The van der Waals surface area contributed by atoms with Gasteiger partial charge in [-0.25, -0.2) is 0 Å². The lowest BCUT2D eigenvalue weighted by molar-refractivity contribution is -0.142. The van der Waals surface area contributed by atoms with E-state index < -0.39 is 8.24 Å². The van der Waals surface area contributed by atoms with Gasteiger partial charge in [0.2, 0.25) is 0 Å². The fraction of sp³-hybridized carbons (Fsp3) is 0.654. The lowest BCUT2D eigenvalue weighted by atomic mass is 9.88. The Morgan fingerprint density at radius 1 is 1.10 bits per heavy atom. The molecule has 2 aromatic rings. The maximum atomic E-state index is 13.0. The minimum absolute atomic E-state index is 0.114. The number of rotatable bonds is 8. The van der Waals surface area contributed by atoms with E-state index in [0.717, 1.165) is 22.4 Å². The first-order valence-corrected chi connectivity index (χ1v) is 14.6. The largest absolute Gasteiger partial charge is 0.469 e. The van der Waals surface area contributed by atoms with Gasteiger partial charge in [-0.2, -0.15) is 0 Å². The number of hydrogen-bond donors (Lipinski definition) is 0. The normalized spacial score (nSPS) is 16.7. The first kappa shape index (κ1) is 24.4. The van der Waals surface area contributed by atoms with E-state index in [1.165, 1.54) is 38.3 Å². The van der Waals surface area contributed by atoms with Crippen molar-refractivity contribution >= 4 is 36.7 Å². The number of aromatic nitrogens is 1. The van der Waals surface area contributed by atoms with Crippen LogP contribution in [0.15, 0.2) is 24.4 Å². The molecule has 1 fully saturated rings. The Hall–Kier alpha value is -1.26. The number of carbonyl (C=O) groups excluding carboxylic acids is 1. The Bertz CT molecular complexity index is 890. The lowest BCUT2D eigenvalue weighted by Crippen LogP contribution is -2.51. The molecule has 0 radical (unpaired) electrons. The summed E-state index contributed by atoms with van der Waals surface area (Å²) in [6, 6.07) is 6.22. The van der Waals surface area contributed by atoms with Gasteiger partial charge in [0.1, 0.15) is 0 Å². The van der Waals surface area contributed by atoms with Crippen LogP contribution in [-0.4, -0.2) is 25.5 Å². The Morgan fingerprint density at radius 3 is 2.19 bits per heavy atom. The molecule has 1 unspecified atom stereocenters. The molecule has 1 aliphatic carbocycles. The van der Waals surface area contributed by atoms with Crippen molar-refractivity contribution in [3.05, 3.63) is 35.0 Å². The first-order valence-electron chi connectivity index (χ1n) is 12.0. The summed E-state index contributed by atoms with van der Waals surface area (Å²) >= 11 is 6.48. The van der Waals surface area contributed by atoms with Crippen molar-refractivity contribution in [1.29, 1.82) is 0 Å². The highest BCUT2D eigenvalue weighted by Gasteiger charge is 2.46. The number of hydrogen-bond acceptors (Lipinski definition) is 2. The van der Waals surface area contributed by atoms with Crippen molar-refractivity contribution < 1.29 is 9.53 Å². The maximum Gasteiger partial charge on any atom is 0.313 e. The molecule has 0 aliphatic heterocycles. The molecule has 1 saturated carbocycles. The van der Waals surface area contributed by atoms with Crippen LogP contribution in [0.25, 0.3) is 10.9 Å². The number of carbonyl (C=O) groups is 1. The average Bonchev–Trinajstić information content (AvgIpc) is 3.33. The minimum atomic E-state index is -1.98. The second-order valence-electron chi connectivity index (χ2n) is 10.4. The van der Waals surface area contributed by atoms with Crippen molar-refractivity contribution in [1.82, 2.24) is 4.23 Å². The smallest absolute Gasteiger partial charge is 0.313 e. The monoisotopic (exact) mass is 461 g/mol. The van der Waals surface area contributed by atoms with Gasteiger partial charge in [-0.05, 0) is 52.7 Å². The molecule has 1 aromatic heterocycles. The quantitative estimate of drug-likeness (QED) is 0.293. The van der Waals surface area contributed by atoms with Gasteiger partial charge < -0.3 is 8.97 Å². The van der Waals surface area contributed by atoms with Gasteiger partial charge in [0.25, 0.3) is 0 Å². The molecule has 1 heterocycles. The summed E-state index contributed by atoms with van der Waals surface area (Å²) in [4.78, 5) is 13.0. The van der Waals surface area contributed by atoms with Gasteiger partial charge in [0, 0.05) is 22.1 Å². The Labute approximate surface area is 194 Å². The van der Waals surface area contributed by atoms with Gasteiger partial charge in [-0.1, -0.05) is 78.8 Å². The van der Waals surface area contributed by atoms with Crippen molar-refractivity contribution in [3.8, 4) is 0 Å².